The average molecular weight is 290 g/mol. The number of nitrogens with zero attached hydrogens (tertiary/aromatic N) is 3. The summed E-state index contributed by atoms with van der Waals surface area (Å²) in [5.74, 6) is 4.05. The normalized spacial score (nSPS) is 11.0. The molecule has 0 fully saturated rings. The molecule has 0 atom stereocenters. The first-order valence-corrected chi connectivity index (χ1v) is 9.94. The SMILES string of the molecule is Cc1nc(C#C[Si](C)(C)C)cn1-c1ccc(Cl)nc1. The van der Waals surface area contributed by atoms with E-state index in [2.05, 4.69) is 41.1 Å². The van der Waals surface area contributed by atoms with E-state index < -0.39 is 8.07 Å². The first-order valence-electron chi connectivity index (χ1n) is 6.06. The lowest BCUT2D eigenvalue weighted by Crippen LogP contribution is -2.16. The minimum absolute atomic E-state index is 0.486. The van der Waals surface area contributed by atoms with E-state index in [1.165, 1.54) is 0 Å². The molecule has 0 radical (unpaired) electrons. The molecular weight excluding hydrogens is 274 g/mol. The molecule has 0 unspecified atom stereocenters. The van der Waals surface area contributed by atoms with Crippen molar-refractivity contribution in [2.24, 2.45) is 0 Å². The first kappa shape index (κ1) is 13.8. The zero-order valence-electron chi connectivity index (χ0n) is 11.5. The molecule has 0 saturated carbocycles. The summed E-state index contributed by atoms with van der Waals surface area (Å²) in [5.41, 5.74) is 5.06. The Morgan fingerprint density at radius 1 is 1.26 bits per heavy atom. The van der Waals surface area contributed by atoms with E-state index in [1.807, 2.05) is 23.8 Å². The third-order valence-corrected chi connectivity index (χ3v) is 3.54. The van der Waals surface area contributed by atoms with Gasteiger partial charge in [0.05, 0.1) is 11.9 Å². The quantitative estimate of drug-likeness (QED) is 0.457. The van der Waals surface area contributed by atoms with Crippen molar-refractivity contribution in [2.45, 2.75) is 26.6 Å². The molecule has 3 nitrogen and oxygen atoms in total. The Hall–Kier alpha value is -1.57. The molecule has 2 aromatic heterocycles. The van der Waals surface area contributed by atoms with Gasteiger partial charge in [0.2, 0.25) is 0 Å². The highest BCUT2D eigenvalue weighted by atomic mass is 35.5. The molecule has 2 rings (SSSR count). The van der Waals surface area contributed by atoms with Gasteiger partial charge in [-0.2, -0.15) is 0 Å². The van der Waals surface area contributed by atoms with Crippen LogP contribution in [0, 0.1) is 18.4 Å². The second-order valence-corrected chi connectivity index (χ2v) is 10.5. The van der Waals surface area contributed by atoms with Crippen molar-refractivity contribution >= 4 is 19.7 Å². The zero-order chi connectivity index (χ0) is 14.0. The number of hydrogen-bond donors (Lipinski definition) is 0. The fraction of sp³-hybridized carbons (Fsp3) is 0.286. The largest absolute Gasteiger partial charge is 0.301 e. The van der Waals surface area contributed by atoms with Gasteiger partial charge in [-0.05, 0) is 19.1 Å². The van der Waals surface area contributed by atoms with E-state index in [1.54, 1.807) is 12.3 Å². The summed E-state index contributed by atoms with van der Waals surface area (Å²) in [6.07, 6.45) is 3.67. The van der Waals surface area contributed by atoms with Gasteiger partial charge in [-0.15, -0.1) is 5.54 Å². The Morgan fingerprint density at radius 2 is 2.00 bits per heavy atom. The highest BCUT2D eigenvalue weighted by Crippen LogP contribution is 2.13. The molecular formula is C14H16ClN3Si. The number of aryl methyl sites for hydroxylation is 1. The summed E-state index contributed by atoms with van der Waals surface area (Å²) in [7, 11) is -1.38. The van der Waals surface area contributed by atoms with Gasteiger partial charge in [0, 0.05) is 6.20 Å². The summed E-state index contributed by atoms with van der Waals surface area (Å²) in [6.45, 7) is 8.60. The number of imidazole rings is 1. The smallest absolute Gasteiger partial charge is 0.131 e. The molecule has 2 heterocycles. The first-order chi connectivity index (χ1) is 8.85. The van der Waals surface area contributed by atoms with Crippen molar-refractivity contribution in [1.82, 2.24) is 14.5 Å². The van der Waals surface area contributed by atoms with Gasteiger partial charge in [0.15, 0.2) is 0 Å². The minimum atomic E-state index is -1.38. The maximum absolute atomic E-state index is 5.79. The minimum Gasteiger partial charge on any atom is -0.301 e. The second kappa shape index (κ2) is 5.20. The average Bonchev–Trinajstić information content (AvgIpc) is 2.68. The lowest BCUT2D eigenvalue weighted by Gasteiger charge is -2.03. The van der Waals surface area contributed by atoms with E-state index in [-0.39, 0.29) is 0 Å². The Labute approximate surface area is 119 Å². The summed E-state index contributed by atoms with van der Waals surface area (Å²) in [6, 6.07) is 3.68. The third kappa shape index (κ3) is 3.69. The van der Waals surface area contributed by atoms with Crippen LogP contribution < -0.4 is 0 Å². The lowest BCUT2D eigenvalue weighted by atomic mass is 10.4. The molecule has 19 heavy (non-hydrogen) atoms. The van der Waals surface area contributed by atoms with Crippen LogP contribution in [0.5, 0.6) is 0 Å². The highest BCUT2D eigenvalue weighted by Gasteiger charge is 2.09. The number of halogens is 1. The van der Waals surface area contributed by atoms with Gasteiger partial charge >= 0.3 is 0 Å². The van der Waals surface area contributed by atoms with Crippen molar-refractivity contribution < 1.29 is 0 Å². The predicted octanol–water partition coefficient (Wildman–Crippen LogP) is 3.46. The maximum atomic E-state index is 5.79. The summed E-state index contributed by atoms with van der Waals surface area (Å²) in [4.78, 5) is 8.54. The van der Waals surface area contributed by atoms with Gasteiger partial charge in [0.25, 0.3) is 0 Å². The fourth-order valence-electron chi connectivity index (χ4n) is 1.56. The Bertz CT molecular complexity index is 642. The Morgan fingerprint density at radius 3 is 2.58 bits per heavy atom. The van der Waals surface area contributed by atoms with E-state index in [4.69, 9.17) is 11.6 Å². The molecule has 0 saturated heterocycles. The molecule has 0 bridgehead atoms. The van der Waals surface area contributed by atoms with Gasteiger partial charge in [-0.3, -0.25) is 0 Å². The molecule has 0 aromatic carbocycles. The van der Waals surface area contributed by atoms with Crippen LogP contribution in [-0.4, -0.2) is 22.6 Å². The van der Waals surface area contributed by atoms with Crippen LogP contribution in [0.2, 0.25) is 24.8 Å². The molecule has 2 aromatic rings. The molecule has 98 valence electrons. The predicted molar refractivity (Wildman–Crippen MR) is 81.3 cm³/mol. The summed E-state index contributed by atoms with van der Waals surface area (Å²) < 4.78 is 1.97. The molecule has 0 aliphatic rings. The van der Waals surface area contributed by atoms with Crippen LogP contribution in [0.25, 0.3) is 5.69 Å². The molecule has 0 amide bonds. The monoisotopic (exact) mass is 289 g/mol. The fourth-order valence-corrected chi connectivity index (χ4v) is 2.17. The van der Waals surface area contributed by atoms with Crippen molar-refractivity contribution in [1.29, 1.82) is 0 Å². The van der Waals surface area contributed by atoms with Gasteiger partial charge in [0.1, 0.15) is 24.7 Å². The van der Waals surface area contributed by atoms with Gasteiger partial charge < -0.3 is 4.57 Å². The molecule has 0 aliphatic heterocycles. The van der Waals surface area contributed by atoms with Crippen LogP contribution in [0.3, 0.4) is 0 Å². The lowest BCUT2D eigenvalue weighted by molar-refractivity contribution is 0.965. The number of pyridine rings is 1. The Balaban J connectivity index is 2.36. The maximum Gasteiger partial charge on any atom is 0.131 e. The summed E-state index contributed by atoms with van der Waals surface area (Å²) >= 11 is 5.79. The summed E-state index contributed by atoms with van der Waals surface area (Å²) in [5, 5.41) is 0.486. The highest BCUT2D eigenvalue weighted by molar-refractivity contribution is 6.83. The Kier molecular flexibility index (Phi) is 3.79. The van der Waals surface area contributed by atoms with E-state index in [0.717, 1.165) is 17.2 Å². The second-order valence-electron chi connectivity index (χ2n) is 5.38. The topological polar surface area (TPSA) is 30.7 Å². The van der Waals surface area contributed by atoms with Crippen molar-refractivity contribution in [3.05, 3.63) is 41.2 Å². The van der Waals surface area contributed by atoms with Crippen molar-refractivity contribution in [3.8, 4) is 17.2 Å². The van der Waals surface area contributed by atoms with Crippen LogP contribution in [0.15, 0.2) is 24.5 Å². The van der Waals surface area contributed by atoms with Gasteiger partial charge in [-0.25, -0.2) is 9.97 Å². The van der Waals surface area contributed by atoms with Crippen LogP contribution in [0.4, 0.5) is 0 Å². The molecule has 0 aliphatic carbocycles. The zero-order valence-corrected chi connectivity index (χ0v) is 13.3. The standard InChI is InChI=1S/C14H16ClN3Si/c1-11-17-12(7-8-19(2,3)4)10-18(11)13-5-6-14(15)16-9-13/h5-6,9-10H,1-4H3. The van der Waals surface area contributed by atoms with Crippen LogP contribution >= 0.6 is 11.6 Å². The van der Waals surface area contributed by atoms with Crippen molar-refractivity contribution in [3.63, 3.8) is 0 Å². The van der Waals surface area contributed by atoms with E-state index in [0.29, 0.717) is 5.15 Å². The third-order valence-electron chi connectivity index (χ3n) is 2.44. The van der Waals surface area contributed by atoms with Crippen molar-refractivity contribution in [2.75, 3.05) is 0 Å². The molecule has 0 spiro atoms. The number of rotatable bonds is 1. The molecule has 5 heteroatoms. The van der Waals surface area contributed by atoms with Crippen LogP contribution in [-0.2, 0) is 0 Å². The van der Waals surface area contributed by atoms with Crippen LogP contribution in [0.1, 0.15) is 11.5 Å². The number of hydrogen-bond acceptors (Lipinski definition) is 2. The van der Waals surface area contributed by atoms with Gasteiger partial charge in [-0.1, -0.05) is 37.2 Å². The number of aromatic nitrogens is 3. The molecule has 0 N–H and O–H groups in total. The van der Waals surface area contributed by atoms with E-state index >= 15 is 0 Å². The van der Waals surface area contributed by atoms with E-state index in [9.17, 15) is 0 Å².